The Hall–Kier alpha value is -1.58. The van der Waals surface area contributed by atoms with Crippen molar-refractivity contribution in [1.29, 1.82) is 0 Å². The van der Waals surface area contributed by atoms with E-state index in [9.17, 15) is 30.2 Å². The molecule has 0 saturated heterocycles. The van der Waals surface area contributed by atoms with Gasteiger partial charge in [0.05, 0.1) is 12.2 Å². The standard InChI is InChI=1S/C22H30O8/c1-10-6-14-20(26,18(10)25)8-13(9-23)16(30-28)15-17-19(4,5)21(17,29-12(3)24)7-11(2)22(14,15)27/h6,8,11,14-17,23,26-28H,7,9H2,1-5H3. The lowest BCUT2D eigenvalue weighted by molar-refractivity contribution is -0.307. The predicted molar refractivity (Wildman–Crippen MR) is 104 cm³/mol. The van der Waals surface area contributed by atoms with Crippen LogP contribution in [0.25, 0.3) is 0 Å². The molecule has 0 spiro atoms. The highest BCUT2D eigenvalue weighted by Crippen LogP contribution is 2.77. The molecule has 0 aliphatic heterocycles. The number of fused-ring (bicyclic) bond motifs is 5. The molecule has 8 unspecified atom stereocenters. The van der Waals surface area contributed by atoms with Gasteiger partial charge in [-0.05, 0) is 36.5 Å². The lowest BCUT2D eigenvalue weighted by atomic mass is 9.59. The molecule has 30 heavy (non-hydrogen) atoms. The molecule has 4 rings (SSSR count). The Morgan fingerprint density at radius 2 is 1.93 bits per heavy atom. The Balaban J connectivity index is 1.96. The van der Waals surface area contributed by atoms with Crippen molar-refractivity contribution in [3.05, 3.63) is 23.3 Å². The zero-order chi connectivity index (χ0) is 22.4. The average molecular weight is 422 g/mol. The topological polar surface area (TPSA) is 134 Å². The minimum Gasteiger partial charge on any atom is -0.458 e. The van der Waals surface area contributed by atoms with Crippen molar-refractivity contribution in [3.63, 3.8) is 0 Å². The van der Waals surface area contributed by atoms with Crippen molar-refractivity contribution in [1.82, 2.24) is 0 Å². The number of hydrogen-bond acceptors (Lipinski definition) is 8. The van der Waals surface area contributed by atoms with Gasteiger partial charge in [-0.2, -0.15) is 0 Å². The van der Waals surface area contributed by atoms with E-state index in [0.717, 1.165) is 0 Å². The zero-order valence-electron chi connectivity index (χ0n) is 17.9. The summed E-state index contributed by atoms with van der Waals surface area (Å²) in [7, 11) is 0. The van der Waals surface area contributed by atoms with Crippen LogP contribution in [0.15, 0.2) is 23.3 Å². The van der Waals surface area contributed by atoms with Gasteiger partial charge >= 0.3 is 5.97 Å². The van der Waals surface area contributed by atoms with Crippen LogP contribution in [-0.4, -0.2) is 61.8 Å². The van der Waals surface area contributed by atoms with Crippen LogP contribution in [0.4, 0.5) is 0 Å². The number of aliphatic hydroxyl groups is 3. The number of aliphatic hydroxyl groups excluding tert-OH is 1. The van der Waals surface area contributed by atoms with E-state index in [4.69, 9.17) is 9.62 Å². The summed E-state index contributed by atoms with van der Waals surface area (Å²) in [6.07, 6.45) is 1.95. The molecule has 4 N–H and O–H groups in total. The molecular weight excluding hydrogens is 392 g/mol. The maximum atomic E-state index is 12.9. The molecule has 0 aromatic rings. The molecule has 2 fully saturated rings. The van der Waals surface area contributed by atoms with Crippen LogP contribution >= 0.6 is 0 Å². The van der Waals surface area contributed by atoms with Gasteiger partial charge in [0.15, 0.2) is 11.4 Å². The molecule has 8 atom stereocenters. The normalized spacial score (nSPS) is 48.6. The maximum Gasteiger partial charge on any atom is 0.303 e. The van der Waals surface area contributed by atoms with E-state index >= 15 is 0 Å². The fourth-order valence-corrected chi connectivity index (χ4v) is 7.04. The third-order valence-corrected chi connectivity index (χ3v) is 8.41. The molecule has 0 radical (unpaired) electrons. The molecule has 4 aliphatic carbocycles. The lowest BCUT2D eigenvalue weighted by Crippen LogP contribution is -2.63. The molecule has 4 aliphatic rings. The van der Waals surface area contributed by atoms with E-state index in [2.05, 4.69) is 0 Å². The molecule has 8 heteroatoms. The Bertz CT molecular complexity index is 874. The number of Topliss-reactive ketones (excluding diaryl/α,β-unsaturated/α-hetero) is 1. The summed E-state index contributed by atoms with van der Waals surface area (Å²) in [4.78, 5) is 29.6. The second-order valence-corrected chi connectivity index (χ2v) is 10.1. The monoisotopic (exact) mass is 422 g/mol. The van der Waals surface area contributed by atoms with Gasteiger partial charge in [0.2, 0.25) is 0 Å². The van der Waals surface area contributed by atoms with Gasteiger partial charge in [-0.3, -0.25) is 14.8 Å². The van der Waals surface area contributed by atoms with E-state index in [1.807, 2.05) is 13.8 Å². The molecule has 0 bridgehead atoms. The highest BCUT2D eigenvalue weighted by Gasteiger charge is 2.84. The minimum atomic E-state index is -2.06. The Labute approximate surface area is 175 Å². The van der Waals surface area contributed by atoms with Gasteiger partial charge < -0.3 is 20.1 Å². The van der Waals surface area contributed by atoms with Crippen LogP contribution in [0.3, 0.4) is 0 Å². The number of carbonyl (C=O) groups is 2. The molecule has 0 amide bonds. The SMILES string of the molecule is CC(=O)OC12CC(C)C3(O)C(C(OO)C(CO)=CC4(O)C(=O)C(C)=CC43)C1C2(C)C. The molecule has 0 aromatic heterocycles. The second-order valence-electron chi connectivity index (χ2n) is 10.1. The highest BCUT2D eigenvalue weighted by molar-refractivity contribution is 6.06. The van der Waals surface area contributed by atoms with E-state index in [1.165, 1.54) is 13.0 Å². The largest absolute Gasteiger partial charge is 0.458 e. The smallest absolute Gasteiger partial charge is 0.303 e. The number of ether oxygens (including phenoxy) is 1. The highest BCUT2D eigenvalue weighted by atomic mass is 17.1. The van der Waals surface area contributed by atoms with Gasteiger partial charge in [0, 0.05) is 30.1 Å². The average Bonchev–Trinajstić information content (AvgIpc) is 3.04. The summed E-state index contributed by atoms with van der Waals surface area (Å²) < 4.78 is 5.80. The van der Waals surface area contributed by atoms with Gasteiger partial charge in [0.25, 0.3) is 0 Å². The van der Waals surface area contributed by atoms with Crippen molar-refractivity contribution >= 4 is 11.8 Å². The summed E-state index contributed by atoms with van der Waals surface area (Å²) in [6.45, 7) is 7.96. The quantitative estimate of drug-likeness (QED) is 0.229. The van der Waals surface area contributed by atoms with Crippen LogP contribution < -0.4 is 0 Å². The first kappa shape index (κ1) is 21.6. The van der Waals surface area contributed by atoms with Gasteiger partial charge in [-0.1, -0.05) is 26.8 Å². The summed E-state index contributed by atoms with van der Waals surface area (Å²) in [6, 6.07) is 0. The Morgan fingerprint density at radius 3 is 2.47 bits per heavy atom. The zero-order valence-corrected chi connectivity index (χ0v) is 17.9. The molecule has 8 nitrogen and oxygen atoms in total. The lowest BCUT2D eigenvalue weighted by Gasteiger charge is -2.51. The van der Waals surface area contributed by atoms with Gasteiger partial charge in [-0.15, -0.1) is 0 Å². The molecule has 166 valence electrons. The number of carbonyl (C=O) groups excluding carboxylic acids is 2. The van der Waals surface area contributed by atoms with Crippen LogP contribution in [0.5, 0.6) is 0 Å². The number of esters is 1. The minimum absolute atomic E-state index is 0.107. The van der Waals surface area contributed by atoms with E-state index in [1.54, 1.807) is 19.9 Å². The first-order valence-electron chi connectivity index (χ1n) is 10.3. The van der Waals surface area contributed by atoms with Crippen LogP contribution in [-0.2, 0) is 19.2 Å². The molecule has 0 heterocycles. The van der Waals surface area contributed by atoms with Crippen LogP contribution in [0.2, 0.25) is 0 Å². The third-order valence-electron chi connectivity index (χ3n) is 8.41. The fraction of sp³-hybridized carbons (Fsp3) is 0.727. The second kappa shape index (κ2) is 6.23. The first-order valence-corrected chi connectivity index (χ1v) is 10.3. The Morgan fingerprint density at radius 1 is 1.30 bits per heavy atom. The number of rotatable bonds is 3. The van der Waals surface area contributed by atoms with Gasteiger partial charge in [0.1, 0.15) is 11.7 Å². The Kier molecular flexibility index (Phi) is 4.50. The number of ketones is 1. The molecular formula is C22H30O8. The first-order chi connectivity index (χ1) is 13.8. The van der Waals surface area contributed by atoms with Crippen LogP contribution in [0.1, 0.15) is 41.0 Å². The van der Waals surface area contributed by atoms with E-state index in [0.29, 0.717) is 12.0 Å². The molecule has 2 saturated carbocycles. The fourth-order valence-electron chi connectivity index (χ4n) is 7.04. The summed E-state index contributed by atoms with van der Waals surface area (Å²) in [5.41, 5.74) is -4.72. The third kappa shape index (κ3) is 2.29. The van der Waals surface area contributed by atoms with E-state index < -0.39 is 70.4 Å². The van der Waals surface area contributed by atoms with Crippen molar-refractivity contribution in [2.75, 3.05) is 6.61 Å². The molecule has 0 aromatic carbocycles. The van der Waals surface area contributed by atoms with Crippen molar-refractivity contribution < 1.29 is 39.8 Å². The number of hydrogen-bond donors (Lipinski definition) is 4. The summed E-state index contributed by atoms with van der Waals surface area (Å²) >= 11 is 0. The van der Waals surface area contributed by atoms with Crippen molar-refractivity contribution in [2.45, 2.75) is 63.9 Å². The van der Waals surface area contributed by atoms with E-state index in [-0.39, 0.29) is 5.57 Å². The van der Waals surface area contributed by atoms with Crippen molar-refractivity contribution in [2.24, 2.45) is 29.1 Å². The summed E-state index contributed by atoms with van der Waals surface area (Å²) in [5, 5.41) is 43.5. The van der Waals surface area contributed by atoms with Crippen LogP contribution in [0, 0.1) is 29.1 Å². The predicted octanol–water partition coefficient (Wildman–Crippen LogP) is 0.998. The van der Waals surface area contributed by atoms with Crippen molar-refractivity contribution in [3.8, 4) is 0 Å². The van der Waals surface area contributed by atoms with Gasteiger partial charge in [-0.25, -0.2) is 4.89 Å². The summed E-state index contributed by atoms with van der Waals surface area (Å²) in [5.74, 6) is -3.77. The maximum absolute atomic E-state index is 12.9.